The Labute approximate surface area is 200 Å². The molecule has 2 aromatic carbocycles. The first kappa shape index (κ1) is 23.4. The number of nitrogens with zero attached hydrogens (tertiary/aromatic N) is 2. The molecule has 0 radical (unpaired) electrons. The molecule has 2 heterocycles. The van der Waals surface area contributed by atoms with Gasteiger partial charge in [0.25, 0.3) is 11.1 Å². The number of thioether (sulfide) groups is 1. The Bertz CT molecular complexity index is 1180. The molecule has 11 heteroatoms. The molecule has 1 aliphatic heterocycles. The Morgan fingerprint density at radius 1 is 1.06 bits per heavy atom. The second-order valence-corrected chi connectivity index (χ2v) is 8.52. The summed E-state index contributed by atoms with van der Waals surface area (Å²) < 4.78 is 22.2. The number of benzene rings is 2. The Hall–Kier alpha value is -3.73. The molecule has 34 heavy (non-hydrogen) atoms. The van der Waals surface area contributed by atoms with Crippen molar-refractivity contribution >= 4 is 29.4 Å². The van der Waals surface area contributed by atoms with E-state index in [9.17, 15) is 9.59 Å². The van der Waals surface area contributed by atoms with E-state index in [1.54, 1.807) is 18.2 Å². The van der Waals surface area contributed by atoms with Crippen LogP contribution >= 0.6 is 11.8 Å². The van der Waals surface area contributed by atoms with Crippen molar-refractivity contribution in [2.75, 3.05) is 24.3 Å². The van der Waals surface area contributed by atoms with E-state index in [4.69, 9.17) is 18.6 Å². The lowest BCUT2D eigenvalue weighted by molar-refractivity contribution is -0.119. The number of rotatable bonds is 8. The molecule has 0 bridgehead atoms. The van der Waals surface area contributed by atoms with Crippen LogP contribution in [0.15, 0.2) is 46.0 Å². The lowest BCUT2D eigenvalue weighted by Gasteiger charge is -2.19. The highest BCUT2D eigenvalue weighted by Crippen LogP contribution is 2.32. The molecule has 10 nitrogen and oxygen atoms in total. The molecular weight excluding hydrogens is 460 g/mol. The number of fused-ring (bicyclic) bond motifs is 1. The number of ether oxygens (including phenoxy) is 3. The minimum Gasteiger partial charge on any atom is -0.486 e. The lowest BCUT2D eigenvalue weighted by Crippen LogP contribution is -2.34. The van der Waals surface area contributed by atoms with Crippen molar-refractivity contribution in [3.8, 4) is 17.2 Å². The average Bonchev–Trinajstić information content (AvgIpc) is 3.27. The zero-order chi connectivity index (χ0) is 23.9. The molecule has 0 unspecified atom stereocenters. The molecule has 0 aliphatic carbocycles. The van der Waals surface area contributed by atoms with Crippen molar-refractivity contribution in [3.05, 3.63) is 53.4 Å². The third-order valence-corrected chi connectivity index (χ3v) is 5.57. The van der Waals surface area contributed by atoms with Gasteiger partial charge in [-0.15, -0.1) is 10.2 Å². The smallest absolute Gasteiger partial charge is 0.325 e. The number of anilines is 1. The normalized spacial score (nSPS) is 12.2. The summed E-state index contributed by atoms with van der Waals surface area (Å²) in [7, 11) is 0. The van der Waals surface area contributed by atoms with Gasteiger partial charge in [0.1, 0.15) is 19.0 Å². The van der Waals surface area contributed by atoms with Gasteiger partial charge in [-0.05, 0) is 43.2 Å². The predicted molar refractivity (Wildman–Crippen MR) is 124 cm³/mol. The van der Waals surface area contributed by atoms with Crippen molar-refractivity contribution in [2.24, 2.45) is 0 Å². The molecular formula is C23H24N4O6S. The molecule has 0 fully saturated rings. The molecule has 0 atom stereocenters. The summed E-state index contributed by atoms with van der Waals surface area (Å²) in [6.07, 6.45) is 0.0932. The van der Waals surface area contributed by atoms with Gasteiger partial charge in [0.15, 0.2) is 18.1 Å². The summed E-state index contributed by atoms with van der Waals surface area (Å²) in [5.41, 5.74) is 2.61. The number of urea groups is 1. The topological polar surface area (TPSA) is 125 Å². The molecule has 4 rings (SSSR count). The van der Waals surface area contributed by atoms with E-state index in [1.165, 1.54) is 11.8 Å². The summed E-state index contributed by atoms with van der Waals surface area (Å²) in [6.45, 7) is 5.04. The van der Waals surface area contributed by atoms with Gasteiger partial charge in [-0.25, -0.2) is 4.79 Å². The number of amides is 3. The Kier molecular flexibility index (Phi) is 7.53. The number of imide groups is 1. The van der Waals surface area contributed by atoms with Crippen molar-refractivity contribution in [2.45, 2.75) is 32.1 Å². The second kappa shape index (κ2) is 10.9. The Balaban J connectivity index is 1.17. The van der Waals surface area contributed by atoms with Crippen LogP contribution in [0.2, 0.25) is 0 Å². The highest BCUT2D eigenvalue weighted by molar-refractivity contribution is 7.99. The lowest BCUT2D eigenvalue weighted by atomic mass is 10.1. The highest BCUT2D eigenvalue weighted by atomic mass is 32.2. The highest BCUT2D eigenvalue weighted by Gasteiger charge is 2.14. The number of nitrogens with one attached hydrogen (secondary N) is 2. The largest absolute Gasteiger partial charge is 0.486 e. The van der Waals surface area contributed by atoms with E-state index in [2.05, 4.69) is 20.8 Å². The first-order valence-corrected chi connectivity index (χ1v) is 11.6. The van der Waals surface area contributed by atoms with E-state index in [-0.39, 0.29) is 13.0 Å². The van der Waals surface area contributed by atoms with Gasteiger partial charge in [0, 0.05) is 23.9 Å². The van der Waals surface area contributed by atoms with Crippen molar-refractivity contribution in [1.82, 2.24) is 15.5 Å². The van der Waals surface area contributed by atoms with E-state index in [0.717, 1.165) is 16.9 Å². The fourth-order valence-corrected chi connectivity index (χ4v) is 3.78. The van der Waals surface area contributed by atoms with E-state index < -0.39 is 11.9 Å². The standard InChI is InChI=1S/C23H24N4O6S/c1-14-3-4-15(2)18(11-14)32-13-21-26-27-23(33-21)34-10-7-20(28)25-22(29)24-16-5-6-17-19(12-16)31-9-8-30-17/h3-6,11-12H,7-10,13H2,1-2H3,(H2,24,25,28,29). The van der Waals surface area contributed by atoms with Crippen molar-refractivity contribution in [3.63, 3.8) is 0 Å². The van der Waals surface area contributed by atoms with E-state index in [0.29, 0.717) is 47.3 Å². The maximum atomic E-state index is 12.1. The SMILES string of the molecule is Cc1ccc(C)c(OCc2nnc(SCCC(=O)NC(=O)Nc3ccc4c(c3)OCCO4)o2)c1. The monoisotopic (exact) mass is 484 g/mol. The summed E-state index contributed by atoms with van der Waals surface area (Å²) in [4.78, 5) is 24.2. The minimum absolute atomic E-state index is 0.0932. The van der Waals surface area contributed by atoms with Crippen LogP contribution in [0.25, 0.3) is 0 Å². The fourth-order valence-electron chi connectivity index (χ4n) is 3.06. The predicted octanol–water partition coefficient (Wildman–Crippen LogP) is 3.87. The zero-order valence-corrected chi connectivity index (χ0v) is 19.6. The fraction of sp³-hybridized carbons (Fsp3) is 0.304. The van der Waals surface area contributed by atoms with Crippen LogP contribution in [-0.2, 0) is 11.4 Å². The maximum Gasteiger partial charge on any atom is 0.325 e. The molecule has 3 amide bonds. The summed E-state index contributed by atoms with van der Waals surface area (Å²) >= 11 is 1.22. The van der Waals surface area contributed by atoms with Gasteiger partial charge < -0.3 is 23.9 Å². The van der Waals surface area contributed by atoms with Crippen molar-refractivity contribution < 1.29 is 28.2 Å². The summed E-state index contributed by atoms with van der Waals surface area (Å²) in [6, 6.07) is 10.3. The first-order chi connectivity index (χ1) is 16.5. The van der Waals surface area contributed by atoms with Crippen LogP contribution in [-0.4, -0.2) is 41.1 Å². The first-order valence-electron chi connectivity index (χ1n) is 10.6. The quantitative estimate of drug-likeness (QED) is 0.458. The molecule has 1 aliphatic rings. The van der Waals surface area contributed by atoms with Gasteiger partial charge in [-0.1, -0.05) is 23.9 Å². The minimum atomic E-state index is -0.629. The van der Waals surface area contributed by atoms with Crippen molar-refractivity contribution in [1.29, 1.82) is 0 Å². The molecule has 0 saturated carbocycles. The number of hydrogen-bond donors (Lipinski definition) is 2. The Morgan fingerprint density at radius 2 is 1.88 bits per heavy atom. The maximum absolute atomic E-state index is 12.1. The third-order valence-electron chi connectivity index (χ3n) is 4.75. The second-order valence-electron chi connectivity index (χ2n) is 7.48. The molecule has 2 N–H and O–H groups in total. The zero-order valence-electron chi connectivity index (χ0n) is 18.8. The van der Waals surface area contributed by atoms with Gasteiger partial charge in [0.05, 0.1) is 0 Å². The van der Waals surface area contributed by atoms with Gasteiger partial charge in [0.2, 0.25) is 5.91 Å². The number of aryl methyl sites for hydroxylation is 2. The van der Waals surface area contributed by atoms with E-state index in [1.807, 2.05) is 32.0 Å². The van der Waals surface area contributed by atoms with Gasteiger partial charge in [-0.3, -0.25) is 10.1 Å². The van der Waals surface area contributed by atoms with E-state index >= 15 is 0 Å². The van der Waals surface area contributed by atoms with Gasteiger partial charge >= 0.3 is 6.03 Å². The molecule has 1 aromatic heterocycles. The molecule has 178 valence electrons. The number of aromatic nitrogens is 2. The summed E-state index contributed by atoms with van der Waals surface area (Å²) in [5, 5.41) is 13.1. The van der Waals surface area contributed by atoms with Crippen LogP contribution < -0.4 is 24.8 Å². The molecule has 0 saturated heterocycles. The summed E-state index contributed by atoms with van der Waals surface area (Å²) in [5.74, 6) is 2.20. The molecule has 0 spiro atoms. The van der Waals surface area contributed by atoms with Crippen LogP contribution in [0.5, 0.6) is 17.2 Å². The number of hydrogen-bond acceptors (Lipinski definition) is 9. The number of carbonyl (C=O) groups excluding carboxylic acids is 2. The number of carbonyl (C=O) groups is 2. The van der Waals surface area contributed by atoms with Gasteiger partial charge in [-0.2, -0.15) is 0 Å². The average molecular weight is 485 g/mol. The van der Waals surface area contributed by atoms with Crippen LogP contribution in [0.1, 0.15) is 23.4 Å². The van der Waals surface area contributed by atoms with Crippen LogP contribution in [0.3, 0.4) is 0 Å². The van der Waals surface area contributed by atoms with Crippen LogP contribution in [0, 0.1) is 13.8 Å². The molecule has 3 aromatic rings. The third kappa shape index (κ3) is 6.41. The Morgan fingerprint density at radius 3 is 2.74 bits per heavy atom. The van der Waals surface area contributed by atoms with Crippen LogP contribution in [0.4, 0.5) is 10.5 Å².